The van der Waals surface area contributed by atoms with Crippen molar-refractivity contribution in [2.24, 2.45) is 0 Å². The van der Waals surface area contributed by atoms with Crippen LogP contribution in [0, 0.1) is 0 Å². The third-order valence-electron chi connectivity index (χ3n) is 2.09. The summed E-state index contributed by atoms with van der Waals surface area (Å²) < 4.78 is 14.6. The first-order valence-corrected chi connectivity index (χ1v) is 5.91. The SMILES string of the molecule is CCOC(=O)COC(=O)CCOc1cccc(N)c1. The first kappa shape index (κ1) is 14.8. The summed E-state index contributed by atoms with van der Waals surface area (Å²) in [6.45, 7) is 1.73. The van der Waals surface area contributed by atoms with Gasteiger partial charge in [-0.05, 0) is 19.1 Å². The van der Waals surface area contributed by atoms with Gasteiger partial charge in [-0.3, -0.25) is 4.79 Å². The van der Waals surface area contributed by atoms with Gasteiger partial charge in [0.2, 0.25) is 0 Å². The van der Waals surface area contributed by atoms with Crippen molar-refractivity contribution < 1.29 is 23.8 Å². The average Bonchev–Trinajstić information content (AvgIpc) is 2.37. The van der Waals surface area contributed by atoms with Gasteiger partial charge in [0, 0.05) is 11.8 Å². The van der Waals surface area contributed by atoms with Crippen molar-refractivity contribution in [3.63, 3.8) is 0 Å². The molecule has 0 saturated heterocycles. The van der Waals surface area contributed by atoms with E-state index in [0.29, 0.717) is 11.4 Å². The molecule has 2 N–H and O–H groups in total. The molecule has 0 aliphatic rings. The quantitative estimate of drug-likeness (QED) is 0.589. The van der Waals surface area contributed by atoms with Gasteiger partial charge in [-0.25, -0.2) is 4.79 Å². The topological polar surface area (TPSA) is 87.8 Å². The van der Waals surface area contributed by atoms with E-state index >= 15 is 0 Å². The maximum absolute atomic E-state index is 11.3. The van der Waals surface area contributed by atoms with Crippen LogP contribution in [0.25, 0.3) is 0 Å². The Hall–Kier alpha value is -2.24. The van der Waals surface area contributed by atoms with Gasteiger partial charge in [-0.2, -0.15) is 0 Å². The van der Waals surface area contributed by atoms with E-state index in [1.165, 1.54) is 0 Å². The summed E-state index contributed by atoms with van der Waals surface area (Å²) in [7, 11) is 0. The van der Waals surface area contributed by atoms with E-state index in [9.17, 15) is 9.59 Å². The van der Waals surface area contributed by atoms with Crippen LogP contribution in [0.1, 0.15) is 13.3 Å². The predicted molar refractivity (Wildman–Crippen MR) is 68.6 cm³/mol. The standard InChI is InChI=1S/C13H17NO5/c1-2-17-13(16)9-19-12(15)6-7-18-11-5-3-4-10(14)8-11/h3-5,8H,2,6-7,9,14H2,1H3. The van der Waals surface area contributed by atoms with E-state index in [0.717, 1.165) is 0 Å². The van der Waals surface area contributed by atoms with Crippen LogP contribution in [0.15, 0.2) is 24.3 Å². The van der Waals surface area contributed by atoms with Crippen molar-refractivity contribution in [2.75, 3.05) is 25.6 Å². The first-order valence-electron chi connectivity index (χ1n) is 5.91. The molecule has 0 fully saturated rings. The molecule has 1 aromatic carbocycles. The van der Waals surface area contributed by atoms with E-state index < -0.39 is 11.9 Å². The summed E-state index contributed by atoms with van der Waals surface area (Å²) >= 11 is 0. The van der Waals surface area contributed by atoms with Crippen molar-refractivity contribution in [1.29, 1.82) is 0 Å². The van der Waals surface area contributed by atoms with Gasteiger partial charge in [0.1, 0.15) is 5.75 Å². The van der Waals surface area contributed by atoms with Crippen molar-refractivity contribution >= 4 is 17.6 Å². The zero-order chi connectivity index (χ0) is 14.1. The van der Waals surface area contributed by atoms with Crippen LogP contribution in [0.5, 0.6) is 5.75 Å². The number of carbonyl (C=O) groups is 2. The van der Waals surface area contributed by atoms with Crippen molar-refractivity contribution in [1.82, 2.24) is 0 Å². The molecule has 0 aliphatic carbocycles. The largest absolute Gasteiger partial charge is 0.493 e. The highest BCUT2D eigenvalue weighted by Crippen LogP contribution is 2.14. The molecule has 0 aromatic heterocycles. The Kier molecular flexibility index (Phi) is 6.21. The Morgan fingerprint density at radius 3 is 2.68 bits per heavy atom. The second-order valence-electron chi connectivity index (χ2n) is 3.64. The highest BCUT2D eigenvalue weighted by atomic mass is 16.6. The van der Waals surface area contributed by atoms with Gasteiger partial charge >= 0.3 is 11.9 Å². The molecule has 0 atom stereocenters. The molecule has 1 aromatic rings. The normalized spacial score (nSPS) is 9.74. The van der Waals surface area contributed by atoms with E-state index in [2.05, 4.69) is 4.74 Å². The Bertz CT molecular complexity index is 433. The lowest BCUT2D eigenvalue weighted by atomic mass is 10.3. The van der Waals surface area contributed by atoms with Crippen molar-refractivity contribution in [3.8, 4) is 5.75 Å². The van der Waals surface area contributed by atoms with Gasteiger partial charge in [0.25, 0.3) is 0 Å². The second-order valence-corrected chi connectivity index (χ2v) is 3.64. The fourth-order valence-electron chi connectivity index (χ4n) is 1.27. The smallest absolute Gasteiger partial charge is 0.344 e. The average molecular weight is 267 g/mol. The number of hydrogen-bond acceptors (Lipinski definition) is 6. The summed E-state index contributed by atoms with van der Waals surface area (Å²) in [5.74, 6) is -0.497. The maximum atomic E-state index is 11.3. The lowest BCUT2D eigenvalue weighted by molar-refractivity contribution is -0.158. The van der Waals surface area contributed by atoms with E-state index in [-0.39, 0.29) is 26.2 Å². The molecular formula is C13H17NO5. The van der Waals surface area contributed by atoms with Gasteiger partial charge in [-0.15, -0.1) is 0 Å². The van der Waals surface area contributed by atoms with Gasteiger partial charge < -0.3 is 19.9 Å². The first-order chi connectivity index (χ1) is 9.11. The molecule has 6 nitrogen and oxygen atoms in total. The fraction of sp³-hybridized carbons (Fsp3) is 0.385. The number of anilines is 1. The minimum atomic E-state index is -0.562. The molecule has 0 heterocycles. The maximum Gasteiger partial charge on any atom is 0.344 e. The number of ether oxygens (including phenoxy) is 3. The summed E-state index contributed by atoms with van der Waals surface area (Å²) in [4.78, 5) is 22.2. The summed E-state index contributed by atoms with van der Waals surface area (Å²) in [5.41, 5.74) is 6.16. The Balaban J connectivity index is 2.18. The Morgan fingerprint density at radius 2 is 2.00 bits per heavy atom. The second kappa shape index (κ2) is 7.97. The molecule has 0 radical (unpaired) electrons. The molecule has 0 bridgehead atoms. The molecule has 19 heavy (non-hydrogen) atoms. The molecule has 0 spiro atoms. The number of nitrogen functional groups attached to an aromatic ring is 1. The molecule has 0 unspecified atom stereocenters. The highest BCUT2D eigenvalue weighted by molar-refractivity contribution is 5.76. The summed E-state index contributed by atoms with van der Waals surface area (Å²) in [6.07, 6.45) is 0.0498. The summed E-state index contributed by atoms with van der Waals surface area (Å²) in [6, 6.07) is 6.88. The third kappa shape index (κ3) is 6.30. The molecule has 1 rings (SSSR count). The third-order valence-corrected chi connectivity index (χ3v) is 2.09. The Morgan fingerprint density at radius 1 is 1.21 bits per heavy atom. The molecule has 0 amide bonds. The fourth-order valence-corrected chi connectivity index (χ4v) is 1.27. The number of nitrogens with two attached hydrogens (primary N) is 1. The van der Waals surface area contributed by atoms with E-state index in [4.69, 9.17) is 15.2 Å². The van der Waals surface area contributed by atoms with E-state index in [1.807, 2.05) is 0 Å². The number of rotatable bonds is 7. The number of benzene rings is 1. The summed E-state index contributed by atoms with van der Waals surface area (Å²) in [5, 5.41) is 0. The van der Waals surface area contributed by atoms with Crippen LogP contribution in [0.2, 0.25) is 0 Å². The zero-order valence-corrected chi connectivity index (χ0v) is 10.8. The van der Waals surface area contributed by atoms with Gasteiger partial charge in [0.05, 0.1) is 19.6 Å². The number of esters is 2. The van der Waals surface area contributed by atoms with Gasteiger partial charge in [0.15, 0.2) is 6.61 Å². The number of carbonyl (C=O) groups excluding carboxylic acids is 2. The molecule has 0 aliphatic heterocycles. The molecule has 104 valence electrons. The lowest BCUT2D eigenvalue weighted by Crippen LogP contribution is -2.17. The zero-order valence-electron chi connectivity index (χ0n) is 10.8. The van der Waals surface area contributed by atoms with Crippen LogP contribution in [0.4, 0.5) is 5.69 Å². The van der Waals surface area contributed by atoms with Crippen molar-refractivity contribution in [2.45, 2.75) is 13.3 Å². The van der Waals surface area contributed by atoms with Crippen LogP contribution in [-0.2, 0) is 19.1 Å². The van der Waals surface area contributed by atoms with Crippen LogP contribution in [0.3, 0.4) is 0 Å². The predicted octanol–water partition coefficient (Wildman–Crippen LogP) is 1.14. The Labute approximate surface area is 111 Å². The van der Waals surface area contributed by atoms with Crippen molar-refractivity contribution in [3.05, 3.63) is 24.3 Å². The van der Waals surface area contributed by atoms with E-state index in [1.54, 1.807) is 31.2 Å². The monoisotopic (exact) mass is 267 g/mol. The molecule has 6 heteroatoms. The lowest BCUT2D eigenvalue weighted by Gasteiger charge is -2.07. The van der Waals surface area contributed by atoms with Crippen LogP contribution in [-0.4, -0.2) is 31.8 Å². The molecular weight excluding hydrogens is 250 g/mol. The number of hydrogen-bond donors (Lipinski definition) is 1. The van der Waals surface area contributed by atoms with Crippen LogP contribution < -0.4 is 10.5 Å². The minimum Gasteiger partial charge on any atom is -0.493 e. The highest BCUT2D eigenvalue weighted by Gasteiger charge is 2.08. The minimum absolute atomic E-state index is 0.0498. The van der Waals surface area contributed by atoms with Crippen LogP contribution >= 0.6 is 0 Å². The molecule has 0 saturated carbocycles. The van der Waals surface area contributed by atoms with Gasteiger partial charge in [-0.1, -0.05) is 6.07 Å².